The van der Waals surface area contributed by atoms with Crippen molar-refractivity contribution in [3.05, 3.63) is 6.33 Å². The van der Waals surface area contributed by atoms with E-state index in [1.807, 2.05) is 0 Å². The molecular formula is C11H17N7. The summed E-state index contributed by atoms with van der Waals surface area (Å²) in [4.78, 5) is 17.7. The Morgan fingerprint density at radius 1 is 1.50 bits per heavy atom. The highest BCUT2D eigenvalue weighted by Crippen LogP contribution is 2.25. The van der Waals surface area contributed by atoms with Gasteiger partial charge in [-0.05, 0) is 19.9 Å². The number of H-pyrrole nitrogens is 1. The molecule has 0 bridgehead atoms. The molecular weight excluding hydrogens is 230 g/mol. The average Bonchev–Trinajstić information content (AvgIpc) is 3.08. The molecule has 0 atom stereocenters. The van der Waals surface area contributed by atoms with Crippen molar-refractivity contribution in [2.45, 2.75) is 18.9 Å². The number of fused-ring (bicyclic) bond motifs is 1. The number of nitrogens with one attached hydrogen (secondary N) is 2. The number of hydrogen-bond donors (Lipinski definition) is 3. The number of aromatic amines is 1. The summed E-state index contributed by atoms with van der Waals surface area (Å²) in [5, 5.41) is 3.28. The molecule has 7 heteroatoms. The minimum Gasteiger partial charge on any atom is -0.368 e. The second-order valence-corrected chi connectivity index (χ2v) is 4.67. The van der Waals surface area contributed by atoms with E-state index in [1.165, 1.54) is 12.8 Å². The van der Waals surface area contributed by atoms with Crippen molar-refractivity contribution in [2.75, 3.05) is 31.2 Å². The standard InChI is InChI=1S/C11H17N7/c1-18(7-2-3-7)5-4-13-9-8-10(15-6-14-8)17-11(12)16-9/h6-7H,2-5H2,1H3,(H4,12,13,14,15,16,17). The maximum Gasteiger partial charge on any atom is 0.224 e. The highest BCUT2D eigenvalue weighted by Gasteiger charge is 2.25. The van der Waals surface area contributed by atoms with Crippen LogP contribution in [0.4, 0.5) is 11.8 Å². The molecule has 0 unspecified atom stereocenters. The molecule has 0 aliphatic heterocycles. The molecule has 0 spiro atoms. The summed E-state index contributed by atoms with van der Waals surface area (Å²) in [6.07, 6.45) is 4.24. The second kappa shape index (κ2) is 4.41. The van der Waals surface area contributed by atoms with Crippen LogP contribution < -0.4 is 11.1 Å². The SMILES string of the molecule is CN(CCNc1nc(N)nc2nc[nH]c12)C1CC1. The summed E-state index contributed by atoms with van der Waals surface area (Å²) in [5.41, 5.74) is 7.05. The van der Waals surface area contributed by atoms with Crippen molar-refractivity contribution in [2.24, 2.45) is 0 Å². The highest BCUT2D eigenvalue weighted by molar-refractivity contribution is 5.83. The third kappa shape index (κ3) is 2.21. The van der Waals surface area contributed by atoms with Gasteiger partial charge in [0.25, 0.3) is 0 Å². The van der Waals surface area contributed by atoms with Crippen molar-refractivity contribution >= 4 is 22.9 Å². The first kappa shape index (κ1) is 11.2. The molecule has 2 aromatic rings. The van der Waals surface area contributed by atoms with Gasteiger partial charge in [0.2, 0.25) is 5.95 Å². The Morgan fingerprint density at radius 2 is 2.33 bits per heavy atom. The van der Waals surface area contributed by atoms with E-state index < -0.39 is 0 Å². The number of likely N-dealkylation sites (N-methyl/N-ethyl adjacent to an activating group) is 1. The summed E-state index contributed by atoms with van der Waals surface area (Å²) >= 11 is 0. The zero-order valence-corrected chi connectivity index (χ0v) is 10.3. The summed E-state index contributed by atoms with van der Waals surface area (Å²) in [7, 11) is 2.15. The lowest BCUT2D eigenvalue weighted by Crippen LogP contribution is -2.27. The molecule has 1 fully saturated rings. The zero-order valence-electron chi connectivity index (χ0n) is 10.3. The Bertz CT molecular complexity index is 545. The molecule has 1 aliphatic carbocycles. The van der Waals surface area contributed by atoms with Crippen LogP contribution in [0, 0.1) is 0 Å². The number of imidazole rings is 1. The van der Waals surface area contributed by atoms with Crippen LogP contribution in [0.1, 0.15) is 12.8 Å². The molecule has 1 aliphatic rings. The molecule has 0 saturated heterocycles. The molecule has 0 radical (unpaired) electrons. The summed E-state index contributed by atoms with van der Waals surface area (Å²) in [6, 6.07) is 0.773. The van der Waals surface area contributed by atoms with Gasteiger partial charge in [0, 0.05) is 19.1 Å². The molecule has 2 heterocycles. The first-order valence-electron chi connectivity index (χ1n) is 6.15. The Balaban J connectivity index is 1.67. The van der Waals surface area contributed by atoms with Gasteiger partial charge in [-0.2, -0.15) is 9.97 Å². The lowest BCUT2D eigenvalue weighted by molar-refractivity contribution is 0.337. The number of nitrogen functional groups attached to an aromatic ring is 1. The van der Waals surface area contributed by atoms with Gasteiger partial charge in [0.1, 0.15) is 5.52 Å². The Kier molecular flexibility index (Phi) is 2.75. The quantitative estimate of drug-likeness (QED) is 0.709. The van der Waals surface area contributed by atoms with E-state index >= 15 is 0 Å². The topological polar surface area (TPSA) is 95.8 Å². The fourth-order valence-electron chi connectivity index (χ4n) is 2.03. The Hall–Kier alpha value is -1.89. The molecule has 4 N–H and O–H groups in total. The predicted octanol–water partition coefficient (Wildman–Crippen LogP) is 0.441. The number of hydrogen-bond acceptors (Lipinski definition) is 6. The molecule has 3 rings (SSSR count). The smallest absolute Gasteiger partial charge is 0.224 e. The van der Waals surface area contributed by atoms with Crippen LogP contribution in [-0.2, 0) is 0 Å². The summed E-state index contributed by atoms with van der Waals surface area (Å²) in [5.74, 6) is 0.965. The molecule has 18 heavy (non-hydrogen) atoms. The summed E-state index contributed by atoms with van der Waals surface area (Å²) < 4.78 is 0. The van der Waals surface area contributed by atoms with Crippen molar-refractivity contribution < 1.29 is 0 Å². The third-order valence-corrected chi connectivity index (χ3v) is 3.23. The second-order valence-electron chi connectivity index (χ2n) is 4.67. The van der Waals surface area contributed by atoms with E-state index in [0.29, 0.717) is 5.65 Å². The van der Waals surface area contributed by atoms with E-state index in [1.54, 1.807) is 6.33 Å². The van der Waals surface area contributed by atoms with E-state index in [2.05, 4.69) is 37.2 Å². The van der Waals surface area contributed by atoms with E-state index in [-0.39, 0.29) is 5.95 Å². The number of rotatable bonds is 5. The predicted molar refractivity (Wildman–Crippen MR) is 70.2 cm³/mol. The van der Waals surface area contributed by atoms with Crippen LogP contribution in [-0.4, -0.2) is 51.0 Å². The van der Waals surface area contributed by atoms with Crippen LogP contribution in [0.2, 0.25) is 0 Å². The zero-order chi connectivity index (χ0) is 12.5. The number of nitrogens with two attached hydrogens (primary N) is 1. The van der Waals surface area contributed by atoms with Crippen LogP contribution in [0.5, 0.6) is 0 Å². The Labute approximate surface area is 105 Å². The van der Waals surface area contributed by atoms with Gasteiger partial charge < -0.3 is 20.9 Å². The third-order valence-electron chi connectivity index (χ3n) is 3.23. The van der Waals surface area contributed by atoms with Crippen molar-refractivity contribution in [3.63, 3.8) is 0 Å². The molecule has 1 saturated carbocycles. The van der Waals surface area contributed by atoms with Gasteiger partial charge in [-0.3, -0.25) is 0 Å². The first-order valence-corrected chi connectivity index (χ1v) is 6.15. The molecule has 2 aromatic heterocycles. The van der Waals surface area contributed by atoms with Crippen LogP contribution >= 0.6 is 0 Å². The average molecular weight is 247 g/mol. The monoisotopic (exact) mass is 247 g/mol. The van der Waals surface area contributed by atoms with Gasteiger partial charge >= 0.3 is 0 Å². The fraction of sp³-hybridized carbons (Fsp3) is 0.545. The molecule has 96 valence electrons. The molecule has 0 aromatic carbocycles. The van der Waals surface area contributed by atoms with Crippen LogP contribution in [0.15, 0.2) is 6.33 Å². The molecule has 0 amide bonds. The summed E-state index contributed by atoms with van der Waals surface area (Å²) in [6.45, 7) is 1.82. The lowest BCUT2D eigenvalue weighted by atomic mass is 10.4. The lowest BCUT2D eigenvalue weighted by Gasteiger charge is -2.16. The normalized spacial score (nSPS) is 15.4. The van der Waals surface area contributed by atoms with Crippen LogP contribution in [0.25, 0.3) is 11.2 Å². The van der Waals surface area contributed by atoms with Crippen LogP contribution in [0.3, 0.4) is 0 Å². The van der Waals surface area contributed by atoms with Gasteiger partial charge in [0.05, 0.1) is 6.33 Å². The van der Waals surface area contributed by atoms with Crippen molar-refractivity contribution in [1.82, 2.24) is 24.8 Å². The Morgan fingerprint density at radius 3 is 3.11 bits per heavy atom. The fourth-order valence-corrected chi connectivity index (χ4v) is 2.03. The largest absolute Gasteiger partial charge is 0.368 e. The molecule has 7 nitrogen and oxygen atoms in total. The first-order chi connectivity index (χ1) is 8.74. The number of anilines is 2. The maximum atomic E-state index is 5.65. The number of nitrogens with zero attached hydrogens (tertiary/aromatic N) is 4. The maximum absolute atomic E-state index is 5.65. The van der Waals surface area contributed by atoms with E-state index in [0.717, 1.165) is 30.5 Å². The minimum absolute atomic E-state index is 0.243. The van der Waals surface area contributed by atoms with Gasteiger partial charge in [-0.25, -0.2) is 4.98 Å². The minimum atomic E-state index is 0.243. The number of aromatic nitrogens is 4. The van der Waals surface area contributed by atoms with E-state index in [4.69, 9.17) is 5.73 Å². The van der Waals surface area contributed by atoms with Gasteiger partial charge in [0.15, 0.2) is 11.5 Å². The van der Waals surface area contributed by atoms with Gasteiger partial charge in [-0.1, -0.05) is 0 Å². The van der Waals surface area contributed by atoms with Gasteiger partial charge in [-0.15, -0.1) is 0 Å². The van der Waals surface area contributed by atoms with Crippen molar-refractivity contribution in [3.8, 4) is 0 Å². The van der Waals surface area contributed by atoms with E-state index in [9.17, 15) is 0 Å². The van der Waals surface area contributed by atoms with Crippen molar-refractivity contribution in [1.29, 1.82) is 0 Å². The highest BCUT2D eigenvalue weighted by atomic mass is 15.2.